The molecule has 0 saturated carbocycles. The van der Waals surface area contributed by atoms with Gasteiger partial charge in [-0.2, -0.15) is 0 Å². The number of benzene rings is 2. The fraction of sp³-hybridized carbons (Fsp3) is 0.458. The van der Waals surface area contributed by atoms with Crippen molar-refractivity contribution in [1.82, 2.24) is 9.91 Å². The first kappa shape index (κ1) is 20.1. The fourth-order valence-electron chi connectivity index (χ4n) is 4.71. The van der Waals surface area contributed by atoms with Crippen LogP contribution in [-0.4, -0.2) is 61.8 Å². The van der Waals surface area contributed by atoms with Gasteiger partial charge in [-0.1, -0.05) is 62.4 Å². The molecule has 29 heavy (non-hydrogen) atoms. The molecule has 0 spiro atoms. The number of hydrogen-bond donors (Lipinski definition) is 0. The summed E-state index contributed by atoms with van der Waals surface area (Å²) in [6.45, 7) is 10.0. The lowest BCUT2D eigenvalue weighted by Gasteiger charge is -2.37. The Kier molecular flexibility index (Phi) is 5.99. The first-order chi connectivity index (χ1) is 14.2. The third kappa shape index (κ3) is 3.48. The Balaban J connectivity index is 1.82. The SMILES string of the molecule is CCN(CC)CC[C@]1(c2ccccc2)C(=O)N(N2CCOCC2)c2ccccc21. The summed E-state index contributed by atoms with van der Waals surface area (Å²) < 4.78 is 5.54. The van der Waals surface area contributed by atoms with Crippen molar-refractivity contribution >= 4 is 11.6 Å². The molecule has 0 bridgehead atoms. The molecular weight excluding hydrogens is 362 g/mol. The molecule has 1 amide bonds. The molecule has 5 nitrogen and oxygen atoms in total. The van der Waals surface area contributed by atoms with Crippen molar-refractivity contribution in [2.45, 2.75) is 25.7 Å². The molecule has 0 radical (unpaired) electrons. The van der Waals surface area contributed by atoms with Gasteiger partial charge in [0, 0.05) is 13.1 Å². The van der Waals surface area contributed by atoms with Gasteiger partial charge in [-0.05, 0) is 43.2 Å². The summed E-state index contributed by atoms with van der Waals surface area (Å²) in [5, 5.41) is 4.10. The van der Waals surface area contributed by atoms with Gasteiger partial charge in [0.2, 0.25) is 0 Å². The molecule has 0 aliphatic carbocycles. The minimum Gasteiger partial charge on any atom is -0.379 e. The number of morpholine rings is 1. The minimum atomic E-state index is -0.654. The van der Waals surface area contributed by atoms with Crippen molar-refractivity contribution in [2.24, 2.45) is 0 Å². The highest BCUT2D eigenvalue weighted by Crippen LogP contribution is 2.49. The van der Waals surface area contributed by atoms with E-state index in [4.69, 9.17) is 4.74 Å². The summed E-state index contributed by atoms with van der Waals surface area (Å²) in [5.41, 5.74) is 2.57. The van der Waals surface area contributed by atoms with Crippen LogP contribution in [0.5, 0.6) is 0 Å². The van der Waals surface area contributed by atoms with E-state index in [0.29, 0.717) is 13.2 Å². The van der Waals surface area contributed by atoms with Crippen LogP contribution in [0.2, 0.25) is 0 Å². The average molecular weight is 394 g/mol. The maximum atomic E-state index is 14.2. The molecule has 154 valence electrons. The van der Waals surface area contributed by atoms with E-state index < -0.39 is 5.41 Å². The van der Waals surface area contributed by atoms with E-state index in [-0.39, 0.29) is 5.91 Å². The molecule has 2 aliphatic rings. The van der Waals surface area contributed by atoms with E-state index in [1.165, 1.54) is 0 Å². The summed E-state index contributed by atoms with van der Waals surface area (Å²) in [5.74, 6) is 0.166. The Bertz CT molecular complexity index is 831. The largest absolute Gasteiger partial charge is 0.379 e. The van der Waals surface area contributed by atoms with Crippen LogP contribution in [0.3, 0.4) is 0 Å². The highest BCUT2D eigenvalue weighted by atomic mass is 16.5. The number of fused-ring (bicyclic) bond motifs is 1. The zero-order valence-corrected chi connectivity index (χ0v) is 17.5. The molecule has 2 aromatic rings. The second kappa shape index (κ2) is 8.66. The van der Waals surface area contributed by atoms with Crippen LogP contribution in [0.1, 0.15) is 31.4 Å². The van der Waals surface area contributed by atoms with Crippen molar-refractivity contribution in [1.29, 1.82) is 0 Å². The Morgan fingerprint density at radius 2 is 1.62 bits per heavy atom. The number of carbonyl (C=O) groups is 1. The molecule has 2 aromatic carbocycles. The van der Waals surface area contributed by atoms with Gasteiger partial charge in [-0.25, -0.2) is 10.0 Å². The third-order valence-electron chi connectivity index (χ3n) is 6.38. The number of anilines is 1. The molecule has 1 fully saturated rings. The predicted octanol–water partition coefficient (Wildman–Crippen LogP) is 3.30. The van der Waals surface area contributed by atoms with E-state index in [0.717, 1.165) is 56.0 Å². The Labute approximate surface area is 173 Å². The number of ether oxygens (including phenoxy) is 1. The topological polar surface area (TPSA) is 36.0 Å². The van der Waals surface area contributed by atoms with Crippen LogP contribution in [-0.2, 0) is 14.9 Å². The van der Waals surface area contributed by atoms with Crippen molar-refractivity contribution in [2.75, 3.05) is 50.9 Å². The van der Waals surface area contributed by atoms with Gasteiger partial charge in [0.25, 0.3) is 5.91 Å². The Morgan fingerprint density at radius 3 is 2.31 bits per heavy atom. The summed E-state index contributed by atoms with van der Waals surface area (Å²) in [7, 11) is 0. The lowest BCUT2D eigenvalue weighted by Crippen LogP contribution is -2.54. The molecule has 2 heterocycles. The molecule has 1 saturated heterocycles. The van der Waals surface area contributed by atoms with Crippen LogP contribution in [0.25, 0.3) is 0 Å². The summed E-state index contributed by atoms with van der Waals surface area (Å²) in [6, 6.07) is 18.7. The first-order valence-electron chi connectivity index (χ1n) is 10.8. The third-order valence-corrected chi connectivity index (χ3v) is 6.38. The van der Waals surface area contributed by atoms with Gasteiger partial charge in [0.15, 0.2) is 0 Å². The van der Waals surface area contributed by atoms with E-state index in [1.807, 2.05) is 29.3 Å². The predicted molar refractivity (Wildman–Crippen MR) is 116 cm³/mol. The monoisotopic (exact) mass is 393 g/mol. The van der Waals surface area contributed by atoms with Crippen molar-refractivity contribution in [3.05, 3.63) is 65.7 Å². The van der Waals surface area contributed by atoms with Crippen molar-refractivity contribution in [3.63, 3.8) is 0 Å². The lowest BCUT2D eigenvalue weighted by atomic mass is 9.72. The number of nitrogens with zero attached hydrogens (tertiary/aromatic N) is 3. The zero-order valence-electron chi connectivity index (χ0n) is 17.5. The highest BCUT2D eigenvalue weighted by molar-refractivity contribution is 6.09. The van der Waals surface area contributed by atoms with Gasteiger partial charge >= 0.3 is 0 Å². The van der Waals surface area contributed by atoms with Crippen LogP contribution < -0.4 is 5.01 Å². The maximum absolute atomic E-state index is 14.2. The standard InChI is InChI=1S/C24H31N3O2/c1-3-25(4-2)15-14-24(20-10-6-5-7-11-20)21-12-8-9-13-22(21)27(23(24)28)26-16-18-29-19-17-26/h5-13H,3-4,14-19H2,1-2H3/t24-/m1/s1. The lowest BCUT2D eigenvalue weighted by molar-refractivity contribution is -0.126. The second-order valence-electron chi connectivity index (χ2n) is 7.75. The van der Waals surface area contributed by atoms with E-state index in [1.54, 1.807) is 0 Å². The van der Waals surface area contributed by atoms with Gasteiger partial charge in [0.05, 0.1) is 18.9 Å². The smallest absolute Gasteiger partial charge is 0.256 e. The van der Waals surface area contributed by atoms with Gasteiger partial charge in [0.1, 0.15) is 5.41 Å². The fourth-order valence-corrected chi connectivity index (χ4v) is 4.71. The molecule has 5 heteroatoms. The van der Waals surface area contributed by atoms with Gasteiger partial charge in [-0.15, -0.1) is 0 Å². The van der Waals surface area contributed by atoms with Crippen LogP contribution in [0.4, 0.5) is 5.69 Å². The quantitative estimate of drug-likeness (QED) is 0.723. The van der Waals surface area contributed by atoms with Crippen LogP contribution >= 0.6 is 0 Å². The molecule has 2 aliphatic heterocycles. The number of para-hydroxylation sites is 1. The summed E-state index contributed by atoms with van der Waals surface area (Å²) in [6.07, 6.45) is 0.773. The number of amides is 1. The first-order valence-corrected chi connectivity index (χ1v) is 10.8. The summed E-state index contributed by atoms with van der Waals surface area (Å²) in [4.78, 5) is 16.6. The molecular formula is C24H31N3O2. The summed E-state index contributed by atoms with van der Waals surface area (Å²) >= 11 is 0. The molecule has 0 aromatic heterocycles. The Morgan fingerprint density at radius 1 is 0.966 bits per heavy atom. The van der Waals surface area contributed by atoms with Crippen LogP contribution in [0, 0.1) is 0 Å². The second-order valence-corrected chi connectivity index (χ2v) is 7.75. The van der Waals surface area contributed by atoms with E-state index >= 15 is 0 Å². The number of hydrogen-bond acceptors (Lipinski definition) is 4. The van der Waals surface area contributed by atoms with Gasteiger partial charge in [-0.3, -0.25) is 4.79 Å². The normalized spacial score (nSPS) is 22.3. The van der Waals surface area contributed by atoms with Gasteiger partial charge < -0.3 is 9.64 Å². The van der Waals surface area contributed by atoms with Crippen molar-refractivity contribution in [3.8, 4) is 0 Å². The maximum Gasteiger partial charge on any atom is 0.256 e. The Hall–Kier alpha value is -2.21. The number of carbonyl (C=O) groups excluding carboxylic acids is 1. The van der Waals surface area contributed by atoms with E-state index in [9.17, 15) is 4.79 Å². The molecule has 0 unspecified atom stereocenters. The average Bonchev–Trinajstić information content (AvgIpc) is 3.04. The minimum absolute atomic E-state index is 0.166. The number of hydrazine groups is 1. The highest BCUT2D eigenvalue weighted by Gasteiger charge is 2.53. The molecule has 4 rings (SSSR count). The van der Waals surface area contributed by atoms with E-state index in [2.05, 4.69) is 54.1 Å². The number of rotatable bonds is 7. The molecule has 0 N–H and O–H groups in total. The van der Waals surface area contributed by atoms with Crippen molar-refractivity contribution < 1.29 is 9.53 Å². The zero-order chi connectivity index (χ0) is 20.3. The van der Waals surface area contributed by atoms with Crippen LogP contribution in [0.15, 0.2) is 54.6 Å². The molecule has 1 atom stereocenters.